The van der Waals surface area contributed by atoms with Crippen molar-refractivity contribution >= 4 is 5.96 Å². The van der Waals surface area contributed by atoms with Gasteiger partial charge < -0.3 is 5.32 Å². The molecule has 0 aromatic heterocycles. The van der Waals surface area contributed by atoms with Gasteiger partial charge in [0.1, 0.15) is 5.82 Å². The minimum Gasteiger partial charge on any atom is -0.355 e. The first-order chi connectivity index (χ1) is 12.1. The van der Waals surface area contributed by atoms with Crippen molar-refractivity contribution in [1.29, 1.82) is 5.26 Å². The van der Waals surface area contributed by atoms with Gasteiger partial charge >= 0.3 is 0 Å². The number of benzene rings is 1. The van der Waals surface area contributed by atoms with Gasteiger partial charge in [-0.3, -0.25) is 5.32 Å². The molecule has 4 aliphatic rings. The van der Waals surface area contributed by atoms with Gasteiger partial charge in [0.2, 0.25) is 5.96 Å². The van der Waals surface area contributed by atoms with Crippen LogP contribution in [0, 0.1) is 40.4 Å². The maximum absolute atomic E-state index is 13.0. The highest BCUT2D eigenvalue weighted by atomic mass is 19.1. The van der Waals surface area contributed by atoms with Gasteiger partial charge in [-0.2, -0.15) is 5.26 Å². The molecule has 5 heteroatoms. The van der Waals surface area contributed by atoms with Crippen LogP contribution in [-0.2, 0) is 6.54 Å². The minimum absolute atomic E-state index is 0.247. The zero-order valence-electron chi connectivity index (χ0n) is 14.5. The summed E-state index contributed by atoms with van der Waals surface area (Å²) in [4.78, 5) is 4.48. The molecule has 4 saturated carbocycles. The summed E-state index contributed by atoms with van der Waals surface area (Å²) >= 11 is 0. The number of hydrogen-bond acceptors (Lipinski definition) is 2. The first-order valence-corrected chi connectivity index (χ1v) is 9.32. The van der Waals surface area contributed by atoms with Gasteiger partial charge in [0.05, 0.1) is 6.54 Å². The molecule has 0 heterocycles. The maximum Gasteiger partial charge on any atom is 0.205 e. The molecular weight excluding hydrogens is 315 g/mol. The molecule has 1 aromatic carbocycles. The van der Waals surface area contributed by atoms with Crippen molar-refractivity contribution in [2.45, 2.75) is 45.1 Å². The van der Waals surface area contributed by atoms with Crippen LogP contribution in [0.3, 0.4) is 0 Å². The molecule has 4 nitrogen and oxygen atoms in total. The molecule has 4 aliphatic carbocycles. The molecule has 4 fully saturated rings. The van der Waals surface area contributed by atoms with Crippen LogP contribution in [0.25, 0.3) is 0 Å². The molecule has 2 N–H and O–H groups in total. The van der Waals surface area contributed by atoms with Crippen LogP contribution in [0.5, 0.6) is 0 Å². The molecule has 1 aromatic rings. The normalized spacial score (nSPS) is 33.1. The van der Waals surface area contributed by atoms with Crippen molar-refractivity contribution < 1.29 is 4.39 Å². The zero-order chi connectivity index (χ0) is 17.3. The van der Waals surface area contributed by atoms with Crippen molar-refractivity contribution in [3.63, 3.8) is 0 Å². The van der Waals surface area contributed by atoms with Gasteiger partial charge in [-0.1, -0.05) is 12.1 Å². The molecule has 0 saturated heterocycles. The topological polar surface area (TPSA) is 60.2 Å². The highest BCUT2D eigenvalue weighted by Gasteiger charge is 2.50. The Morgan fingerprint density at radius 2 is 1.72 bits per heavy atom. The standard InChI is InChI=1S/C20H25FN4/c21-18-3-1-14(2-4-18)11-23-19(25-13-22)24-12-20-8-15-5-16(9-20)7-17(6-15)10-20/h1-4,15-17H,5-12H2,(H2,23,24,25). The van der Waals surface area contributed by atoms with Gasteiger partial charge in [0, 0.05) is 6.54 Å². The van der Waals surface area contributed by atoms with E-state index in [1.807, 2.05) is 6.19 Å². The van der Waals surface area contributed by atoms with Crippen LogP contribution in [0.2, 0.25) is 0 Å². The number of nitrogens with one attached hydrogen (secondary N) is 2. The molecule has 25 heavy (non-hydrogen) atoms. The molecule has 0 amide bonds. The predicted molar refractivity (Wildman–Crippen MR) is 94.9 cm³/mol. The average Bonchev–Trinajstić information content (AvgIpc) is 2.58. The van der Waals surface area contributed by atoms with E-state index in [0.29, 0.717) is 17.9 Å². The van der Waals surface area contributed by atoms with E-state index in [2.05, 4.69) is 15.6 Å². The van der Waals surface area contributed by atoms with Crippen molar-refractivity contribution in [3.8, 4) is 6.19 Å². The fraction of sp³-hybridized carbons (Fsp3) is 0.600. The number of nitriles is 1. The highest BCUT2D eigenvalue weighted by molar-refractivity contribution is 5.81. The Balaban J connectivity index is 1.39. The summed E-state index contributed by atoms with van der Waals surface area (Å²) in [6.45, 7) is 1.32. The minimum atomic E-state index is -0.247. The summed E-state index contributed by atoms with van der Waals surface area (Å²) in [7, 11) is 0. The molecule has 0 radical (unpaired) electrons. The number of halogens is 1. The second-order valence-electron chi connectivity index (χ2n) is 8.30. The number of rotatable bonds is 4. The van der Waals surface area contributed by atoms with Crippen molar-refractivity contribution in [2.24, 2.45) is 28.2 Å². The number of aliphatic imine (C=N–C) groups is 1. The molecule has 132 valence electrons. The van der Waals surface area contributed by atoms with E-state index >= 15 is 0 Å². The van der Waals surface area contributed by atoms with Crippen molar-refractivity contribution in [3.05, 3.63) is 35.6 Å². The fourth-order valence-electron chi connectivity index (χ4n) is 5.73. The molecule has 5 rings (SSSR count). The number of guanidine groups is 1. The van der Waals surface area contributed by atoms with E-state index in [4.69, 9.17) is 5.26 Å². The van der Waals surface area contributed by atoms with Gasteiger partial charge in [-0.05, 0) is 79.4 Å². The maximum atomic E-state index is 13.0. The van der Waals surface area contributed by atoms with Crippen LogP contribution < -0.4 is 10.6 Å². The van der Waals surface area contributed by atoms with Crippen molar-refractivity contribution in [1.82, 2.24) is 10.6 Å². The lowest BCUT2D eigenvalue weighted by Crippen LogP contribution is -2.52. The fourth-order valence-corrected chi connectivity index (χ4v) is 5.73. The summed E-state index contributed by atoms with van der Waals surface area (Å²) in [6.07, 6.45) is 10.2. The van der Waals surface area contributed by atoms with Gasteiger partial charge in [0.15, 0.2) is 6.19 Å². The third-order valence-corrected chi connectivity index (χ3v) is 6.30. The molecule has 0 aliphatic heterocycles. The number of nitrogens with zero attached hydrogens (tertiary/aromatic N) is 2. The smallest absolute Gasteiger partial charge is 0.205 e. The lowest BCUT2D eigenvalue weighted by atomic mass is 9.49. The summed E-state index contributed by atoms with van der Waals surface area (Å²) in [6, 6.07) is 6.32. The SMILES string of the molecule is N#CNC(=NCc1ccc(F)cc1)NCC12CC3CC(CC(C3)C1)C2. The van der Waals surface area contributed by atoms with Crippen LogP contribution in [-0.4, -0.2) is 12.5 Å². The van der Waals surface area contributed by atoms with E-state index in [1.54, 1.807) is 12.1 Å². The van der Waals surface area contributed by atoms with Crippen LogP contribution >= 0.6 is 0 Å². The molecule has 0 spiro atoms. The zero-order valence-corrected chi connectivity index (χ0v) is 14.5. The molecular formula is C20H25FN4. The predicted octanol–water partition coefficient (Wildman–Crippen LogP) is 3.56. The van der Waals surface area contributed by atoms with Crippen LogP contribution in [0.15, 0.2) is 29.3 Å². The van der Waals surface area contributed by atoms with Gasteiger partial charge in [-0.15, -0.1) is 0 Å². The van der Waals surface area contributed by atoms with E-state index in [1.165, 1.54) is 50.7 Å². The third kappa shape index (κ3) is 3.63. The summed E-state index contributed by atoms with van der Waals surface area (Å²) < 4.78 is 13.0. The summed E-state index contributed by atoms with van der Waals surface area (Å²) in [5.41, 5.74) is 1.32. The lowest BCUT2D eigenvalue weighted by Gasteiger charge is -2.57. The summed E-state index contributed by atoms with van der Waals surface area (Å²) in [5, 5.41) is 15.1. The van der Waals surface area contributed by atoms with Gasteiger partial charge in [0.25, 0.3) is 0 Å². The van der Waals surface area contributed by atoms with Crippen LogP contribution in [0.1, 0.15) is 44.1 Å². The Bertz CT molecular complexity index is 653. The molecule has 0 atom stereocenters. The summed E-state index contributed by atoms with van der Waals surface area (Å²) in [5.74, 6) is 3.02. The monoisotopic (exact) mass is 340 g/mol. The average molecular weight is 340 g/mol. The lowest BCUT2D eigenvalue weighted by molar-refractivity contribution is -0.0492. The molecule has 4 bridgehead atoms. The van der Waals surface area contributed by atoms with Gasteiger partial charge in [-0.25, -0.2) is 9.38 Å². The Morgan fingerprint density at radius 1 is 1.12 bits per heavy atom. The second kappa shape index (κ2) is 6.67. The first kappa shape index (κ1) is 16.4. The van der Waals surface area contributed by atoms with Crippen LogP contribution in [0.4, 0.5) is 4.39 Å². The van der Waals surface area contributed by atoms with Crippen molar-refractivity contribution in [2.75, 3.05) is 6.54 Å². The second-order valence-corrected chi connectivity index (χ2v) is 8.30. The highest BCUT2D eigenvalue weighted by Crippen LogP contribution is 2.59. The van der Waals surface area contributed by atoms with E-state index < -0.39 is 0 Å². The molecule has 0 unspecified atom stereocenters. The first-order valence-electron chi connectivity index (χ1n) is 9.32. The van der Waals surface area contributed by atoms with E-state index in [-0.39, 0.29) is 5.82 Å². The number of hydrogen-bond donors (Lipinski definition) is 2. The Labute approximate surface area is 148 Å². The van der Waals surface area contributed by atoms with E-state index in [9.17, 15) is 4.39 Å². The van der Waals surface area contributed by atoms with E-state index in [0.717, 1.165) is 29.9 Å². The largest absolute Gasteiger partial charge is 0.355 e. The Morgan fingerprint density at radius 3 is 2.28 bits per heavy atom. The third-order valence-electron chi connectivity index (χ3n) is 6.30. The Hall–Kier alpha value is -2.09. The quantitative estimate of drug-likeness (QED) is 0.381. The Kier molecular flexibility index (Phi) is 4.37.